The highest BCUT2D eigenvalue weighted by molar-refractivity contribution is 5.79. The fourth-order valence-electron chi connectivity index (χ4n) is 2.02. The summed E-state index contributed by atoms with van der Waals surface area (Å²) in [5.41, 5.74) is 5.28. The minimum atomic E-state index is -0.231. The van der Waals surface area contributed by atoms with Crippen LogP contribution in [-0.2, 0) is 4.79 Å². The van der Waals surface area contributed by atoms with Crippen LogP contribution < -0.4 is 11.1 Å². The summed E-state index contributed by atoms with van der Waals surface area (Å²) in [5.74, 6) is 0.472. The van der Waals surface area contributed by atoms with E-state index in [1.807, 2.05) is 6.92 Å². The quantitative estimate of drug-likeness (QED) is 0.685. The van der Waals surface area contributed by atoms with Gasteiger partial charge >= 0.3 is 0 Å². The number of amides is 1. The SMILES string of the molecule is CCC(NCC1CCN(C)CC1)C(N)=O. The molecule has 0 bridgehead atoms. The Morgan fingerprint density at radius 2 is 2.13 bits per heavy atom. The van der Waals surface area contributed by atoms with Crippen LogP contribution in [0.2, 0.25) is 0 Å². The first-order chi connectivity index (χ1) is 7.13. The maximum Gasteiger partial charge on any atom is 0.234 e. The highest BCUT2D eigenvalue weighted by Gasteiger charge is 2.19. The maximum absolute atomic E-state index is 11.0. The fourth-order valence-corrected chi connectivity index (χ4v) is 2.02. The van der Waals surface area contributed by atoms with Gasteiger partial charge in [0.15, 0.2) is 0 Å². The van der Waals surface area contributed by atoms with E-state index in [4.69, 9.17) is 5.73 Å². The summed E-state index contributed by atoms with van der Waals surface area (Å²) in [4.78, 5) is 13.4. The predicted molar refractivity (Wildman–Crippen MR) is 61.5 cm³/mol. The summed E-state index contributed by atoms with van der Waals surface area (Å²) < 4.78 is 0. The molecule has 0 radical (unpaired) electrons. The number of piperidine rings is 1. The van der Waals surface area contributed by atoms with Crippen LogP contribution >= 0.6 is 0 Å². The molecule has 1 rings (SSSR count). The number of carbonyl (C=O) groups excluding carboxylic acids is 1. The van der Waals surface area contributed by atoms with Crippen molar-refractivity contribution in [2.24, 2.45) is 11.7 Å². The molecule has 1 unspecified atom stereocenters. The number of nitrogens with zero attached hydrogens (tertiary/aromatic N) is 1. The van der Waals surface area contributed by atoms with Crippen molar-refractivity contribution in [3.8, 4) is 0 Å². The van der Waals surface area contributed by atoms with Crippen molar-refractivity contribution in [3.63, 3.8) is 0 Å². The summed E-state index contributed by atoms with van der Waals surface area (Å²) in [6.45, 7) is 5.24. The van der Waals surface area contributed by atoms with Crippen molar-refractivity contribution in [3.05, 3.63) is 0 Å². The van der Waals surface area contributed by atoms with Gasteiger partial charge in [-0.3, -0.25) is 4.79 Å². The number of carbonyl (C=O) groups is 1. The fraction of sp³-hybridized carbons (Fsp3) is 0.909. The largest absolute Gasteiger partial charge is 0.368 e. The lowest BCUT2D eigenvalue weighted by Gasteiger charge is -2.29. The predicted octanol–water partition coefficient (Wildman–Crippen LogP) is 0.182. The first-order valence-electron chi connectivity index (χ1n) is 5.84. The van der Waals surface area contributed by atoms with Gasteiger partial charge in [0.25, 0.3) is 0 Å². The van der Waals surface area contributed by atoms with E-state index in [1.165, 1.54) is 25.9 Å². The number of likely N-dealkylation sites (tertiary alicyclic amines) is 1. The van der Waals surface area contributed by atoms with E-state index in [-0.39, 0.29) is 11.9 Å². The Labute approximate surface area is 92.2 Å². The zero-order valence-corrected chi connectivity index (χ0v) is 9.83. The van der Waals surface area contributed by atoms with Crippen LogP contribution in [0.3, 0.4) is 0 Å². The van der Waals surface area contributed by atoms with Crippen LogP contribution in [0, 0.1) is 5.92 Å². The zero-order valence-electron chi connectivity index (χ0n) is 9.83. The van der Waals surface area contributed by atoms with Crippen molar-refractivity contribution >= 4 is 5.91 Å². The van der Waals surface area contributed by atoms with Crippen molar-refractivity contribution in [1.82, 2.24) is 10.2 Å². The van der Waals surface area contributed by atoms with E-state index >= 15 is 0 Å². The minimum absolute atomic E-state index is 0.148. The lowest BCUT2D eigenvalue weighted by molar-refractivity contribution is -0.120. The van der Waals surface area contributed by atoms with Crippen molar-refractivity contribution in [2.75, 3.05) is 26.7 Å². The lowest BCUT2D eigenvalue weighted by atomic mass is 9.97. The van der Waals surface area contributed by atoms with E-state index in [0.717, 1.165) is 13.0 Å². The second-order valence-corrected chi connectivity index (χ2v) is 4.52. The zero-order chi connectivity index (χ0) is 11.3. The second-order valence-electron chi connectivity index (χ2n) is 4.52. The highest BCUT2D eigenvalue weighted by atomic mass is 16.1. The van der Waals surface area contributed by atoms with Crippen molar-refractivity contribution in [1.29, 1.82) is 0 Å². The van der Waals surface area contributed by atoms with E-state index in [0.29, 0.717) is 5.92 Å². The summed E-state index contributed by atoms with van der Waals surface area (Å²) in [7, 11) is 2.15. The Bertz CT molecular complexity index is 200. The molecule has 0 aromatic carbocycles. The van der Waals surface area contributed by atoms with Crippen LogP contribution in [0.4, 0.5) is 0 Å². The molecule has 1 saturated heterocycles. The Kier molecular flexibility index (Phi) is 5.05. The van der Waals surface area contributed by atoms with Gasteiger partial charge in [0.1, 0.15) is 0 Å². The standard InChI is InChI=1S/C11H23N3O/c1-3-10(11(12)15)13-8-9-4-6-14(2)7-5-9/h9-10,13H,3-8H2,1-2H3,(H2,12,15). The van der Waals surface area contributed by atoms with E-state index < -0.39 is 0 Å². The number of nitrogens with one attached hydrogen (secondary N) is 1. The normalized spacial score (nSPS) is 21.5. The van der Waals surface area contributed by atoms with Crippen LogP contribution in [0.15, 0.2) is 0 Å². The molecule has 1 aliphatic heterocycles. The van der Waals surface area contributed by atoms with Gasteiger partial charge in [-0.2, -0.15) is 0 Å². The van der Waals surface area contributed by atoms with Crippen molar-refractivity contribution < 1.29 is 4.79 Å². The van der Waals surface area contributed by atoms with Crippen LogP contribution in [0.1, 0.15) is 26.2 Å². The molecule has 1 fully saturated rings. The van der Waals surface area contributed by atoms with E-state index in [1.54, 1.807) is 0 Å². The van der Waals surface area contributed by atoms with Crippen LogP contribution in [-0.4, -0.2) is 43.5 Å². The van der Waals surface area contributed by atoms with Gasteiger partial charge in [0.2, 0.25) is 5.91 Å². The van der Waals surface area contributed by atoms with Gasteiger partial charge in [0, 0.05) is 0 Å². The Balaban J connectivity index is 2.21. The van der Waals surface area contributed by atoms with Crippen molar-refractivity contribution in [2.45, 2.75) is 32.2 Å². The number of hydrogen-bond acceptors (Lipinski definition) is 3. The average molecular weight is 213 g/mol. The summed E-state index contributed by atoms with van der Waals surface area (Å²) in [5, 5.41) is 3.26. The molecule has 4 nitrogen and oxygen atoms in total. The third-order valence-corrected chi connectivity index (χ3v) is 3.24. The molecule has 4 heteroatoms. The molecule has 3 N–H and O–H groups in total. The average Bonchev–Trinajstić information content (AvgIpc) is 2.21. The molecular formula is C11H23N3O. The molecule has 1 heterocycles. The van der Waals surface area contributed by atoms with Gasteiger partial charge in [-0.25, -0.2) is 0 Å². The van der Waals surface area contributed by atoms with E-state index in [2.05, 4.69) is 17.3 Å². The molecule has 15 heavy (non-hydrogen) atoms. The Hall–Kier alpha value is -0.610. The Morgan fingerprint density at radius 3 is 2.60 bits per heavy atom. The number of primary amides is 1. The molecule has 0 aromatic heterocycles. The highest BCUT2D eigenvalue weighted by Crippen LogP contribution is 2.14. The van der Waals surface area contributed by atoms with Gasteiger partial charge in [-0.1, -0.05) is 6.92 Å². The van der Waals surface area contributed by atoms with Crippen LogP contribution in [0.25, 0.3) is 0 Å². The Morgan fingerprint density at radius 1 is 1.53 bits per heavy atom. The molecule has 1 atom stereocenters. The monoisotopic (exact) mass is 213 g/mol. The summed E-state index contributed by atoms with van der Waals surface area (Å²) in [6, 6.07) is -0.148. The molecule has 0 spiro atoms. The molecule has 88 valence electrons. The molecule has 0 saturated carbocycles. The number of nitrogens with two attached hydrogens (primary N) is 1. The molecular weight excluding hydrogens is 190 g/mol. The molecule has 1 aliphatic rings. The summed E-state index contributed by atoms with van der Waals surface area (Å²) >= 11 is 0. The summed E-state index contributed by atoms with van der Waals surface area (Å²) in [6.07, 6.45) is 3.22. The molecule has 0 aromatic rings. The minimum Gasteiger partial charge on any atom is -0.368 e. The first kappa shape index (κ1) is 12.5. The van der Waals surface area contributed by atoms with Gasteiger partial charge < -0.3 is 16.0 Å². The molecule has 1 amide bonds. The maximum atomic E-state index is 11.0. The second kappa shape index (κ2) is 6.08. The van der Waals surface area contributed by atoms with Crippen LogP contribution in [0.5, 0.6) is 0 Å². The molecule has 0 aliphatic carbocycles. The smallest absolute Gasteiger partial charge is 0.234 e. The number of hydrogen-bond donors (Lipinski definition) is 2. The lowest BCUT2D eigenvalue weighted by Crippen LogP contribution is -2.44. The van der Waals surface area contributed by atoms with Gasteiger partial charge in [-0.15, -0.1) is 0 Å². The topological polar surface area (TPSA) is 58.4 Å². The van der Waals surface area contributed by atoms with E-state index in [9.17, 15) is 4.79 Å². The van der Waals surface area contributed by atoms with Gasteiger partial charge in [0.05, 0.1) is 6.04 Å². The van der Waals surface area contributed by atoms with Gasteiger partial charge in [-0.05, 0) is 51.9 Å². The number of rotatable bonds is 5. The first-order valence-corrected chi connectivity index (χ1v) is 5.84. The third-order valence-electron chi connectivity index (χ3n) is 3.24. The third kappa shape index (κ3) is 4.18.